The first-order valence-electron chi connectivity index (χ1n) is 36.5. The molecule has 4 aliphatic heterocycles. The van der Waals surface area contributed by atoms with Gasteiger partial charge in [-0.15, -0.1) is 0 Å². The molecular formula is C68H126N2O28. The molecule has 0 saturated carbocycles. The Bertz CT molecular complexity index is 2140. The molecule has 0 aromatic heterocycles. The fourth-order valence-electron chi connectivity index (χ4n) is 13.2. The maximum Gasteiger partial charge on any atom is 0.364 e. The summed E-state index contributed by atoms with van der Waals surface area (Å²) in [6.07, 6.45) is -14.8. The van der Waals surface area contributed by atoms with Crippen LogP contribution >= 0.6 is 0 Å². The SMILES string of the molecule is CCCCCCCCCCCCCCCCCCCCC(O)C(=O)NC(COC1OC(CO)C(OC2OC(CO)C(O)C(OC3(C(=O)O)CC(OC4OC(CO)C(O)C(O)C4O)C(NC(C)=O)C(C(O)C(O)CO)O3)C2O)C(O)C1O)C(O)C(O)CCCCCCCCCCC(C)C. The molecule has 2 amide bonds. The second kappa shape index (κ2) is 47.0. The number of amides is 2. The monoisotopic (exact) mass is 1420 g/mol. The van der Waals surface area contributed by atoms with E-state index in [9.17, 15) is 101 Å². The summed E-state index contributed by atoms with van der Waals surface area (Å²) in [5, 5.41) is 192. The van der Waals surface area contributed by atoms with Crippen LogP contribution in [0, 0.1) is 5.92 Å². The molecule has 30 nitrogen and oxygen atoms in total. The number of carboxylic acids is 1. The molecule has 4 fully saturated rings. The normalized spacial score (nSPS) is 32.7. The molecular weight excluding hydrogens is 1290 g/mol. The minimum atomic E-state index is -3.32. The Labute approximate surface area is 577 Å². The van der Waals surface area contributed by atoms with Crippen molar-refractivity contribution in [3.8, 4) is 0 Å². The lowest BCUT2D eigenvalue weighted by molar-refractivity contribution is -0.392. The number of rotatable bonds is 51. The molecule has 0 aromatic rings. The zero-order chi connectivity index (χ0) is 72.5. The lowest BCUT2D eigenvalue weighted by atomic mass is 9.87. The van der Waals surface area contributed by atoms with Gasteiger partial charge in [0, 0.05) is 13.3 Å². The van der Waals surface area contributed by atoms with Crippen molar-refractivity contribution in [3.63, 3.8) is 0 Å². The average Bonchev–Trinajstić information content (AvgIpc) is 0.750. The van der Waals surface area contributed by atoms with E-state index in [1.54, 1.807) is 0 Å². The van der Waals surface area contributed by atoms with Gasteiger partial charge in [0.2, 0.25) is 11.8 Å². The van der Waals surface area contributed by atoms with Gasteiger partial charge in [-0.1, -0.05) is 194 Å². The Morgan fingerprint density at radius 1 is 0.520 bits per heavy atom. The minimum Gasteiger partial charge on any atom is -0.477 e. The Hall–Kier alpha value is -2.55. The van der Waals surface area contributed by atoms with E-state index in [0.29, 0.717) is 18.8 Å². The summed E-state index contributed by atoms with van der Waals surface area (Å²) in [5.74, 6) is -6.53. The number of ether oxygens (including phenoxy) is 8. The van der Waals surface area contributed by atoms with E-state index >= 15 is 0 Å². The summed E-state index contributed by atoms with van der Waals surface area (Å²) in [6.45, 7) is 2.63. The minimum absolute atomic E-state index is 0.106. The maximum atomic E-state index is 13.6. The lowest BCUT2D eigenvalue weighted by Crippen LogP contribution is -2.72. The molecule has 0 radical (unpaired) electrons. The lowest BCUT2D eigenvalue weighted by Gasteiger charge is -2.52. The van der Waals surface area contributed by atoms with Crippen LogP contribution in [0.5, 0.6) is 0 Å². The van der Waals surface area contributed by atoms with E-state index in [0.717, 1.165) is 77.6 Å². The fourth-order valence-corrected chi connectivity index (χ4v) is 13.2. The van der Waals surface area contributed by atoms with Crippen LogP contribution in [0.2, 0.25) is 0 Å². The molecule has 25 atom stereocenters. The van der Waals surface area contributed by atoms with Crippen molar-refractivity contribution >= 4 is 17.8 Å². The van der Waals surface area contributed by atoms with Gasteiger partial charge in [-0.25, -0.2) is 4.79 Å². The Kier molecular flexibility index (Phi) is 42.1. The molecule has 19 N–H and O–H groups in total. The summed E-state index contributed by atoms with van der Waals surface area (Å²) < 4.78 is 46.5. The molecule has 98 heavy (non-hydrogen) atoms. The van der Waals surface area contributed by atoms with Gasteiger partial charge in [-0.2, -0.15) is 0 Å². The van der Waals surface area contributed by atoms with Gasteiger partial charge in [0.15, 0.2) is 18.9 Å². The summed E-state index contributed by atoms with van der Waals surface area (Å²) in [7, 11) is 0. The van der Waals surface area contributed by atoms with Crippen molar-refractivity contribution in [1.29, 1.82) is 0 Å². The molecule has 0 spiro atoms. The number of carboxylic acid groups (broad SMARTS) is 1. The third-order valence-electron chi connectivity index (χ3n) is 19.3. The highest BCUT2D eigenvalue weighted by Gasteiger charge is 2.62. The first-order chi connectivity index (χ1) is 46.8. The molecule has 30 heteroatoms. The molecule has 4 heterocycles. The van der Waals surface area contributed by atoms with Crippen LogP contribution < -0.4 is 10.6 Å². The predicted molar refractivity (Wildman–Crippen MR) is 351 cm³/mol. The molecule has 0 aliphatic carbocycles. The van der Waals surface area contributed by atoms with Crippen molar-refractivity contribution in [1.82, 2.24) is 10.6 Å². The fraction of sp³-hybridized carbons (Fsp3) is 0.956. The van der Waals surface area contributed by atoms with Crippen LogP contribution in [0.3, 0.4) is 0 Å². The van der Waals surface area contributed by atoms with Crippen molar-refractivity contribution < 1.29 is 139 Å². The van der Waals surface area contributed by atoms with Gasteiger partial charge in [-0.3, -0.25) is 9.59 Å². The van der Waals surface area contributed by atoms with Gasteiger partial charge >= 0.3 is 5.97 Å². The summed E-state index contributed by atoms with van der Waals surface area (Å²) in [5.41, 5.74) is 0. The zero-order valence-electron chi connectivity index (χ0n) is 58.3. The highest BCUT2D eigenvalue weighted by Crippen LogP contribution is 2.41. The molecule has 0 aromatic carbocycles. The van der Waals surface area contributed by atoms with Crippen LogP contribution in [0.1, 0.15) is 220 Å². The quantitative estimate of drug-likeness (QED) is 0.0361. The van der Waals surface area contributed by atoms with Crippen molar-refractivity contribution in [3.05, 3.63) is 0 Å². The second-order valence-corrected chi connectivity index (χ2v) is 27.9. The summed E-state index contributed by atoms with van der Waals surface area (Å²) >= 11 is 0. The van der Waals surface area contributed by atoms with E-state index in [1.807, 2.05) is 0 Å². The Morgan fingerprint density at radius 3 is 1.46 bits per heavy atom. The molecule has 4 saturated heterocycles. The first-order valence-corrected chi connectivity index (χ1v) is 36.5. The van der Waals surface area contributed by atoms with Crippen molar-refractivity contribution in [2.24, 2.45) is 5.92 Å². The summed E-state index contributed by atoms with van der Waals surface area (Å²) in [6, 6.07) is -3.22. The van der Waals surface area contributed by atoms with Crippen LogP contribution in [-0.2, 0) is 52.3 Å². The molecule has 4 aliphatic rings. The Balaban J connectivity index is 1.45. The number of aliphatic carboxylic acids is 1. The molecule has 576 valence electrons. The third kappa shape index (κ3) is 28.1. The third-order valence-corrected chi connectivity index (χ3v) is 19.3. The number of hydrogen-bond acceptors (Lipinski definition) is 27. The topological polar surface area (TPSA) is 493 Å². The van der Waals surface area contributed by atoms with Gasteiger partial charge in [0.25, 0.3) is 5.79 Å². The number of carbonyl (C=O) groups is 3. The number of nitrogens with one attached hydrogen (secondary N) is 2. The summed E-state index contributed by atoms with van der Waals surface area (Å²) in [4.78, 5) is 39.9. The highest BCUT2D eigenvalue weighted by molar-refractivity contribution is 5.80. The van der Waals surface area contributed by atoms with E-state index in [2.05, 4.69) is 31.4 Å². The van der Waals surface area contributed by atoms with Crippen LogP contribution in [0.15, 0.2) is 0 Å². The second-order valence-electron chi connectivity index (χ2n) is 27.9. The molecule has 25 unspecified atom stereocenters. The van der Waals surface area contributed by atoms with Gasteiger partial charge in [0.1, 0.15) is 104 Å². The standard InChI is InChI=1S/C68H126N2O28/c1-5-6-7-8-9-10-11-12-13-14-15-16-17-18-19-24-27-30-33-44(77)63(88)70-42(51(79)43(76)32-29-26-23-21-20-22-25-28-31-40(2)3)39-91-64-58(86)56(84)60(49(38-74)95-64)96-66-59(87)62(54(82)48(37-73)94-66)98-68(67(89)90)34-46(92-65-57(85)55(83)53(81)47(36-72)93-65)50(69-41(4)75)61(97-68)52(80)45(78)35-71/h40,42-62,64-66,71-74,76-87H,5-39H2,1-4H3,(H,69,75)(H,70,88)(H,89,90). The van der Waals surface area contributed by atoms with Crippen molar-refractivity contribution in [2.45, 2.75) is 373 Å². The zero-order valence-corrected chi connectivity index (χ0v) is 58.3. The van der Waals surface area contributed by atoms with E-state index in [4.69, 9.17) is 37.9 Å². The van der Waals surface area contributed by atoms with E-state index in [1.165, 1.54) is 89.9 Å². The van der Waals surface area contributed by atoms with Crippen molar-refractivity contribution in [2.75, 3.05) is 33.0 Å². The van der Waals surface area contributed by atoms with E-state index in [-0.39, 0.29) is 12.8 Å². The molecule has 0 bridgehead atoms. The number of hydrogen-bond donors (Lipinski definition) is 19. The van der Waals surface area contributed by atoms with Gasteiger partial charge < -0.3 is 135 Å². The van der Waals surface area contributed by atoms with Crippen LogP contribution in [-0.4, -0.2) is 290 Å². The average molecular weight is 1420 g/mol. The maximum absolute atomic E-state index is 13.6. The largest absolute Gasteiger partial charge is 0.477 e. The van der Waals surface area contributed by atoms with E-state index < -0.39 is 210 Å². The van der Waals surface area contributed by atoms with Gasteiger partial charge in [-0.05, 0) is 18.8 Å². The Morgan fingerprint density at radius 2 is 0.980 bits per heavy atom. The first kappa shape index (κ1) is 87.9. The number of aliphatic hydroxyl groups excluding tert-OH is 16. The molecule has 4 rings (SSSR count). The number of aliphatic hydroxyl groups is 16. The van der Waals surface area contributed by atoms with Crippen LogP contribution in [0.25, 0.3) is 0 Å². The predicted octanol–water partition coefficient (Wildman–Crippen LogP) is 0.181. The smallest absolute Gasteiger partial charge is 0.364 e. The number of carbonyl (C=O) groups excluding carboxylic acids is 2. The van der Waals surface area contributed by atoms with Crippen LogP contribution in [0.4, 0.5) is 0 Å². The highest BCUT2D eigenvalue weighted by atomic mass is 16.8. The number of unbranched alkanes of at least 4 members (excludes halogenated alkanes) is 24. The van der Waals surface area contributed by atoms with Gasteiger partial charge in [0.05, 0.1) is 57.3 Å².